The number of ketones is 1. The van der Waals surface area contributed by atoms with E-state index in [0.717, 1.165) is 11.3 Å². The molecule has 0 saturated carbocycles. The predicted molar refractivity (Wildman–Crippen MR) is 121 cm³/mol. The maximum absolute atomic E-state index is 13.4. The first-order chi connectivity index (χ1) is 15.2. The van der Waals surface area contributed by atoms with E-state index in [-0.39, 0.29) is 11.7 Å². The molecule has 0 aliphatic carbocycles. The van der Waals surface area contributed by atoms with Gasteiger partial charge in [0.25, 0.3) is 0 Å². The minimum absolute atomic E-state index is 0.194. The van der Waals surface area contributed by atoms with E-state index in [4.69, 9.17) is 13.9 Å². The van der Waals surface area contributed by atoms with E-state index in [2.05, 4.69) is 4.98 Å². The molecule has 0 unspecified atom stereocenters. The lowest BCUT2D eigenvalue weighted by Gasteiger charge is -2.06. The number of Topliss-reactive ketones (excluding diaryl/α,β-unsaturated/α-hetero) is 1. The predicted octanol–water partition coefficient (Wildman–Crippen LogP) is 6.17. The van der Waals surface area contributed by atoms with Gasteiger partial charge in [0, 0.05) is 5.56 Å². The summed E-state index contributed by atoms with van der Waals surface area (Å²) in [4.78, 5) is 18.0. The van der Waals surface area contributed by atoms with Crippen molar-refractivity contribution in [2.45, 2.75) is 6.92 Å². The molecule has 0 saturated heterocycles. The summed E-state index contributed by atoms with van der Waals surface area (Å²) in [6.07, 6.45) is 5.16. The van der Waals surface area contributed by atoms with Crippen LogP contribution in [0.1, 0.15) is 28.7 Å². The minimum atomic E-state index is -0.194. The number of para-hydroxylation sites is 2. The van der Waals surface area contributed by atoms with Gasteiger partial charge in [0.2, 0.25) is 5.89 Å². The van der Waals surface area contributed by atoms with Crippen molar-refractivity contribution in [3.8, 4) is 11.5 Å². The topological polar surface area (TPSA) is 61.6 Å². The van der Waals surface area contributed by atoms with Crippen molar-refractivity contribution in [2.24, 2.45) is 0 Å². The first kappa shape index (κ1) is 20.2. The zero-order valence-corrected chi connectivity index (χ0v) is 17.2. The van der Waals surface area contributed by atoms with Crippen molar-refractivity contribution in [3.05, 3.63) is 102 Å². The van der Waals surface area contributed by atoms with Crippen molar-refractivity contribution < 1.29 is 18.7 Å². The normalized spacial score (nSPS) is 11.7. The third-order valence-corrected chi connectivity index (χ3v) is 4.65. The molecule has 0 N–H and O–H groups in total. The van der Waals surface area contributed by atoms with Gasteiger partial charge in [-0.15, -0.1) is 0 Å². The lowest BCUT2D eigenvalue weighted by Crippen LogP contribution is -2.03. The number of allylic oxidation sites excluding steroid dienone is 2. The van der Waals surface area contributed by atoms with Gasteiger partial charge in [-0.3, -0.25) is 4.79 Å². The number of benzene rings is 3. The van der Waals surface area contributed by atoms with E-state index >= 15 is 0 Å². The van der Waals surface area contributed by atoms with Gasteiger partial charge in [-0.2, -0.15) is 0 Å². The fraction of sp³-hybridized carbons (Fsp3) is 0.0769. The minimum Gasteiger partial charge on any atom is -0.497 e. The molecule has 0 fully saturated rings. The monoisotopic (exact) mass is 411 g/mol. The molecule has 4 aromatic rings. The number of hydrogen-bond donors (Lipinski definition) is 0. The van der Waals surface area contributed by atoms with Gasteiger partial charge in [0.15, 0.2) is 11.4 Å². The number of rotatable bonds is 7. The van der Waals surface area contributed by atoms with Crippen LogP contribution in [-0.2, 0) is 0 Å². The Morgan fingerprint density at radius 1 is 0.935 bits per heavy atom. The third kappa shape index (κ3) is 4.56. The van der Waals surface area contributed by atoms with E-state index in [1.54, 1.807) is 49.8 Å². The quantitative estimate of drug-likeness (QED) is 0.207. The maximum atomic E-state index is 13.4. The summed E-state index contributed by atoms with van der Waals surface area (Å²) in [5.41, 5.74) is 3.03. The highest BCUT2D eigenvalue weighted by atomic mass is 16.5. The zero-order chi connectivity index (χ0) is 21.6. The Hall–Kier alpha value is -4.12. The summed E-state index contributed by atoms with van der Waals surface area (Å²) in [5.74, 6) is 1.47. The molecule has 5 nitrogen and oxygen atoms in total. The summed E-state index contributed by atoms with van der Waals surface area (Å²) >= 11 is 0. The van der Waals surface area contributed by atoms with Crippen molar-refractivity contribution in [1.82, 2.24) is 4.98 Å². The van der Waals surface area contributed by atoms with Crippen LogP contribution < -0.4 is 9.47 Å². The van der Waals surface area contributed by atoms with Crippen LogP contribution in [0.25, 0.3) is 22.7 Å². The number of oxazole rings is 1. The molecule has 3 aromatic carbocycles. The van der Waals surface area contributed by atoms with Gasteiger partial charge >= 0.3 is 0 Å². The Morgan fingerprint density at radius 2 is 1.65 bits per heavy atom. The van der Waals surface area contributed by atoms with Crippen LogP contribution in [-0.4, -0.2) is 17.9 Å². The Labute approximate surface area is 180 Å². The van der Waals surface area contributed by atoms with Gasteiger partial charge in [-0.25, -0.2) is 4.98 Å². The van der Waals surface area contributed by atoms with E-state index in [1.165, 1.54) is 0 Å². The summed E-state index contributed by atoms with van der Waals surface area (Å²) in [5, 5.41) is 0. The highest BCUT2D eigenvalue weighted by molar-refractivity contribution is 6.31. The molecule has 4 rings (SSSR count). The number of hydrogen-bond acceptors (Lipinski definition) is 5. The summed E-state index contributed by atoms with van der Waals surface area (Å²) < 4.78 is 16.6. The van der Waals surface area contributed by atoms with Crippen molar-refractivity contribution >= 4 is 28.5 Å². The lowest BCUT2D eigenvalue weighted by atomic mass is 10.0. The Kier molecular flexibility index (Phi) is 5.94. The fourth-order valence-electron chi connectivity index (χ4n) is 3.07. The lowest BCUT2D eigenvalue weighted by molar-refractivity contribution is 0.105. The highest BCUT2D eigenvalue weighted by Gasteiger charge is 2.20. The number of carbonyl (C=O) groups excluding carboxylic acids is 1. The molecule has 5 heteroatoms. The Balaban J connectivity index is 1.75. The molecule has 0 aliphatic rings. The standard InChI is InChI=1S/C26H21NO4/c1-3-16-30-21-14-10-19(11-15-21)25(28)22(17-18-8-12-20(29-2)13-9-18)26-27-23-6-4-5-7-24(23)31-26/h3-17H,1-2H3. The van der Waals surface area contributed by atoms with E-state index in [0.29, 0.717) is 28.0 Å². The van der Waals surface area contributed by atoms with Crippen LogP contribution in [0.4, 0.5) is 0 Å². The second-order valence-electron chi connectivity index (χ2n) is 6.76. The van der Waals surface area contributed by atoms with Gasteiger partial charge in [-0.1, -0.05) is 30.3 Å². The number of aromatic nitrogens is 1. The molecule has 0 spiro atoms. The number of fused-ring (bicyclic) bond motifs is 1. The van der Waals surface area contributed by atoms with E-state index in [9.17, 15) is 4.79 Å². The summed E-state index contributed by atoms with van der Waals surface area (Å²) in [6, 6.07) is 21.8. The van der Waals surface area contributed by atoms with Crippen LogP contribution in [0.15, 0.2) is 89.6 Å². The van der Waals surface area contributed by atoms with Gasteiger partial charge in [0.05, 0.1) is 18.9 Å². The SMILES string of the molecule is CC=COc1ccc(C(=O)C(=Cc2ccc(OC)cc2)c2nc3ccccc3o2)cc1. The van der Waals surface area contributed by atoms with Crippen molar-refractivity contribution in [2.75, 3.05) is 7.11 Å². The third-order valence-electron chi connectivity index (χ3n) is 4.65. The molecule has 154 valence electrons. The van der Waals surface area contributed by atoms with Crippen molar-refractivity contribution in [3.63, 3.8) is 0 Å². The Bertz CT molecular complexity index is 1220. The molecule has 0 amide bonds. The van der Waals surface area contributed by atoms with Crippen LogP contribution >= 0.6 is 0 Å². The second-order valence-corrected chi connectivity index (χ2v) is 6.76. The fourth-order valence-corrected chi connectivity index (χ4v) is 3.07. The molecular weight excluding hydrogens is 390 g/mol. The van der Waals surface area contributed by atoms with Gasteiger partial charge < -0.3 is 13.9 Å². The molecular formula is C26H21NO4. The number of nitrogens with zero attached hydrogens (tertiary/aromatic N) is 1. The van der Waals surface area contributed by atoms with Crippen LogP contribution in [0.2, 0.25) is 0 Å². The Morgan fingerprint density at radius 3 is 2.32 bits per heavy atom. The summed E-state index contributed by atoms with van der Waals surface area (Å²) in [7, 11) is 1.61. The highest BCUT2D eigenvalue weighted by Crippen LogP contribution is 2.27. The van der Waals surface area contributed by atoms with Crippen LogP contribution in [0.5, 0.6) is 11.5 Å². The molecule has 0 atom stereocenters. The molecule has 0 aliphatic heterocycles. The number of carbonyl (C=O) groups is 1. The zero-order valence-electron chi connectivity index (χ0n) is 17.2. The smallest absolute Gasteiger partial charge is 0.231 e. The average molecular weight is 411 g/mol. The molecule has 0 bridgehead atoms. The largest absolute Gasteiger partial charge is 0.497 e. The molecule has 0 radical (unpaired) electrons. The van der Waals surface area contributed by atoms with E-state index < -0.39 is 0 Å². The first-order valence-corrected chi connectivity index (χ1v) is 9.82. The first-order valence-electron chi connectivity index (χ1n) is 9.82. The molecule has 1 aromatic heterocycles. The van der Waals surface area contributed by atoms with Crippen LogP contribution in [0, 0.1) is 0 Å². The maximum Gasteiger partial charge on any atom is 0.231 e. The number of ether oxygens (including phenoxy) is 2. The van der Waals surface area contributed by atoms with E-state index in [1.807, 2.05) is 55.5 Å². The van der Waals surface area contributed by atoms with Crippen molar-refractivity contribution in [1.29, 1.82) is 0 Å². The second kappa shape index (κ2) is 9.13. The molecule has 31 heavy (non-hydrogen) atoms. The number of methoxy groups -OCH3 is 1. The summed E-state index contributed by atoms with van der Waals surface area (Å²) in [6.45, 7) is 1.87. The molecule has 1 heterocycles. The van der Waals surface area contributed by atoms with Gasteiger partial charge in [-0.05, 0) is 67.1 Å². The van der Waals surface area contributed by atoms with Crippen LogP contribution in [0.3, 0.4) is 0 Å². The van der Waals surface area contributed by atoms with Gasteiger partial charge in [0.1, 0.15) is 17.0 Å². The average Bonchev–Trinajstić information content (AvgIpc) is 3.25.